The van der Waals surface area contributed by atoms with Gasteiger partial charge in [0.05, 0.1) is 0 Å². The Balaban J connectivity index is 1.69. The fraction of sp³-hybridized carbons (Fsp3) is 0.0500. The minimum atomic E-state index is -0.478. The second-order valence-electron chi connectivity index (χ2n) is 5.45. The number of carbonyl (C=O) groups is 1. The summed E-state index contributed by atoms with van der Waals surface area (Å²) in [6.07, 6.45) is 0. The van der Waals surface area contributed by atoms with E-state index >= 15 is 0 Å². The molecular weight excluding hydrogens is 288 g/mol. The van der Waals surface area contributed by atoms with Gasteiger partial charge in [-0.15, -0.1) is 0 Å². The number of hydrogen-bond acceptors (Lipinski definition) is 3. The van der Waals surface area contributed by atoms with Crippen molar-refractivity contribution in [3.05, 3.63) is 78.1 Å². The molecule has 1 heterocycles. The Morgan fingerprint density at radius 3 is 2.48 bits per heavy atom. The fourth-order valence-corrected chi connectivity index (χ4v) is 2.75. The van der Waals surface area contributed by atoms with E-state index in [-0.39, 0.29) is 5.76 Å². The Morgan fingerprint density at radius 1 is 0.913 bits per heavy atom. The molecule has 0 saturated carbocycles. The summed E-state index contributed by atoms with van der Waals surface area (Å²) in [6, 6.07) is 21.1. The van der Waals surface area contributed by atoms with Crippen molar-refractivity contribution in [1.82, 2.24) is 0 Å². The third-order valence-electron chi connectivity index (χ3n) is 3.96. The first-order valence-electron chi connectivity index (χ1n) is 7.41. The second-order valence-corrected chi connectivity index (χ2v) is 5.45. The first-order chi connectivity index (χ1) is 11.2. The van der Waals surface area contributed by atoms with Crippen LogP contribution in [0.3, 0.4) is 0 Å². The van der Waals surface area contributed by atoms with Gasteiger partial charge in [0.2, 0.25) is 5.76 Å². The van der Waals surface area contributed by atoms with E-state index in [2.05, 4.69) is 0 Å². The van der Waals surface area contributed by atoms with E-state index in [0.717, 1.165) is 21.7 Å². The lowest BCUT2D eigenvalue weighted by Crippen LogP contribution is -2.08. The predicted octanol–water partition coefficient (Wildman–Crippen LogP) is 5.11. The van der Waals surface area contributed by atoms with Crippen molar-refractivity contribution in [2.45, 2.75) is 6.92 Å². The Bertz CT molecular complexity index is 1030. The molecule has 0 aliphatic heterocycles. The number of furan rings is 1. The largest absolute Gasteiger partial charge is 0.449 e. The monoisotopic (exact) mass is 302 g/mol. The Morgan fingerprint density at radius 2 is 1.65 bits per heavy atom. The lowest BCUT2D eigenvalue weighted by molar-refractivity contribution is 0.0703. The van der Waals surface area contributed by atoms with E-state index in [1.165, 1.54) is 0 Å². The van der Waals surface area contributed by atoms with Gasteiger partial charge in [0.25, 0.3) is 0 Å². The van der Waals surface area contributed by atoms with Crippen LogP contribution in [0.5, 0.6) is 5.75 Å². The van der Waals surface area contributed by atoms with Crippen molar-refractivity contribution in [1.29, 1.82) is 0 Å². The van der Waals surface area contributed by atoms with Crippen LogP contribution in [0.15, 0.2) is 71.1 Å². The van der Waals surface area contributed by atoms with Crippen molar-refractivity contribution in [3.63, 3.8) is 0 Å². The van der Waals surface area contributed by atoms with Gasteiger partial charge in [-0.2, -0.15) is 0 Å². The molecule has 0 amide bonds. The molecule has 0 saturated heterocycles. The zero-order chi connectivity index (χ0) is 15.8. The van der Waals surface area contributed by atoms with Gasteiger partial charge in [-0.25, -0.2) is 4.79 Å². The molecule has 0 bridgehead atoms. The SMILES string of the molecule is Cc1c(C(=O)Oc2ccc3ccccc3c2)oc2ccccc12. The van der Waals surface area contributed by atoms with Crippen LogP contribution in [0.25, 0.3) is 21.7 Å². The summed E-state index contributed by atoms with van der Waals surface area (Å²) < 4.78 is 11.1. The Kier molecular flexibility index (Phi) is 3.12. The number of benzene rings is 3. The topological polar surface area (TPSA) is 39.4 Å². The van der Waals surface area contributed by atoms with Crippen molar-refractivity contribution < 1.29 is 13.9 Å². The molecule has 4 rings (SSSR count). The van der Waals surface area contributed by atoms with Crippen LogP contribution in [-0.2, 0) is 0 Å². The van der Waals surface area contributed by atoms with Crippen LogP contribution >= 0.6 is 0 Å². The third-order valence-corrected chi connectivity index (χ3v) is 3.96. The maximum atomic E-state index is 12.4. The minimum Gasteiger partial charge on any atom is -0.449 e. The van der Waals surface area contributed by atoms with Crippen molar-refractivity contribution in [2.24, 2.45) is 0 Å². The molecule has 0 spiro atoms. The summed E-state index contributed by atoms with van der Waals surface area (Å²) in [7, 11) is 0. The first kappa shape index (κ1) is 13.6. The molecule has 3 nitrogen and oxygen atoms in total. The van der Waals surface area contributed by atoms with Crippen LogP contribution in [0, 0.1) is 6.92 Å². The number of para-hydroxylation sites is 1. The number of aryl methyl sites for hydroxylation is 1. The summed E-state index contributed by atoms with van der Waals surface area (Å²) in [5.41, 5.74) is 1.49. The zero-order valence-corrected chi connectivity index (χ0v) is 12.6. The number of esters is 1. The van der Waals surface area contributed by atoms with Crippen LogP contribution in [0.2, 0.25) is 0 Å². The molecule has 0 radical (unpaired) electrons. The van der Waals surface area contributed by atoms with Gasteiger partial charge in [-0.3, -0.25) is 0 Å². The molecule has 3 heteroatoms. The quantitative estimate of drug-likeness (QED) is 0.381. The Hall–Kier alpha value is -3.07. The highest BCUT2D eigenvalue weighted by atomic mass is 16.5. The number of hydrogen-bond donors (Lipinski definition) is 0. The lowest BCUT2D eigenvalue weighted by Gasteiger charge is -2.04. The van der Waals surface area contributed by atoms with Crippen LogP contribution in [0.4, 0.5) is 0 Å². The molecule has 0 aliphatic carbocycles. The predicted molar refractivity (Wildman–Crippen MR) is 89.9 cm³/mol. The number of rotatable bonds is 2. The maximum absolute atomic E-state index is 12.4. The van der Waals surface area contributed by atoms with E-state index in [9.17, 15) is 4.79 Å². The number of fused-ring (bicyclic) bond motifs is 2. The summed E-state index contributed by atoms with van der Waals surface area (Å²) in [6.45, 7) is 1.86. The highest BCUT2D eigenvalue weighted by Crippen LogP contribution is 2.27. The highest BCUT2D eigenvalue weighted by Gasteiger charge is 2.19. The van der Waals surface area contributed by atoms with Crippen molar-refractivity contribution >= 4 is 27.7 Å². The van der Waals surface area contributed by atoms with Gasteiger partial charge in [-0.05, 0) is 35.9 Å². The van der Waals surface area contributed by atoms with Crippen LogP contribution < -0.4 is 4.74 Å². The van der Waals surface area contributed by atoms with Gasteiger partial charge >= 0.3 is 5.97 Å². The smallest absolute Gasteiger partial charge is 0.379 e. The summed E-state index contributed by atoms with van der Waals surface area (Å²) in [4.78, 5) is 12.4. The second kappa shape index (κ2) is 5.29. The van der Waals surface area contributed by atoms with Crippen LogP contribution in [0.1, 0.15) is 16.1 Å². The number of carbonyl (C=O) groups excluding carboxylic acids is 1. The Labute approximate surface area is 133 Å². The first-order valence-corrected chi connectivity index (χ1v) is 7.41. The third kappa shape index (κ3) is 2.36. The molecule has 23 heavy (non-hydrogen) atoms. The van der Waals surface area contributed by atoms with E-state index in [1.807, 2.05) is 67.6 Å². The molecule has 0 unspecified atom stereocenters. The van der Waals surface area contributed by atoms with E-state index < -0.39 is 5.97 Å². The van der Waals surface area contributed by atoms with Crippen molar-refractivity contribution in [3.8, 4) is 5.75 Å². The molecule has 0 aliphatic rings. The average Bonchev–Trinajstić information content (AvgIpc) is 2.92. The minimum absolute atomic E-state index is 0.249. The molecule has 1 aromatic heterocycles. The van der Waals surface area contributed by atoms with E-state index in [4.69, 9.17) is 9.15 Å². The molecule has 112 valence electrons. The van der Waals surface area contributed by atoms with Gasteiger partial charge in [0, 0.05) is 10.9 Å². The summed E-state index contributed by atoms with van der Waals surface area (Å²) >= 11 is 0. The standard InChI is InChI=1S/C20H14O3/c1-13-17-8-4-5-9-18(17)23-19(13)20(21)22-16-11-10-14-6-2-3-7-15(14)12-16/h2-12H,1H3. The molecule has 0 fully saturated rings. The van der Waals surface area contributed by atoms with E-state index in [1.54, 1.807) is 6.07 Å². The highest BCUT2D eigenvalue weighted by molar-refractivity contribution is 5.97. The summed E-state index contributed by atoms with van der Waals surface area (Å²) in [5.74, 6) is 0.280. The molecule has 0 atom stereocenters. The molecule has 4 aromatic rings. The molecule has 3 aromatic carbocycles. The normalized spacial score (nSPS) is 11.0. The molecule has 0 N–H and O–H groups in total. The summed E-state index contributed by atoms with van der Waals surface area (Å²) in [5, 5.41) is 3.06. The fourth-order valence-electron chi connectivity index (χ4n) is 2.75. The zero-order valence-electron chi connectivity index (χ0n) is 12.6. The maximum Gasteiger partial charge on any atom is 0.379 e. The lowest BCUT2D eigenvalue weighted by atomic mass is 10.1. The van der Waals surface area contributed by atoms with Gasteiger partial charge in [0.1, 0.15) is 11.3 Å². The molecular formula is C20H14O3. The van der Waals surface area contributed by atoms with E-state index in [0.29, 0.717) is 11.3 Å². The van der Waals surface area contributed by atoms with Gasteiger partial charge in [-0.1, -0.05) is 48.5 Å². The van der Waals surface area contributed by atoms with Gasteiger partial charge < -0.3 is 9.15 Å². The number of ether oxygens (including phenoxy) is 1. The van der Waals surface area contributed by atoms with Gasteiger partial charge in [0.15, 0.2) is 0 Å². The van der Waals surface area contributed by atoms with Crippen molar-refractivity contribution in [2.75, 3.05) is 0 Å². The average molecular weight is 302 g/mol. The van der Waals surface area contributed by atoms with Crippen LogP contribution in [-0.4, -0.2) is 5.97 Å².